The summed E-state index contributed by atoms with van der Waals surface area (Å²) in [5, 5.41) is 11.6. The summed E-state index contributed by atoms with van der Waals surface area (Å²) in [6, 6.07) is 7.14. The number of aromatic nitrogens is 1. The van der Waals surface area contributed by atoms with Gasteiger partial charge in [0.2, 0.25) is 5.91 Å². The van der Waals surface area contributed by atoms with Crippen molar-refractivity contribution < 1.29 is 24.2 Å². The van der Waals surface area contributed by atoms with Crippen molar-refractivity contribution in [3.63, 3.8) is 0 Å². The highest BCUT2D eigenvalue weighted by Gasteiger charge is 2.12. The minimum atomic E-state index is -1.18. The SMILES string of the molecule is COc1ccc(NC(=O)Cn2cc(C(=O)O)ccc2=O)c(OC)c1. The molecule has 0 aliphatic rings. The predicted molar refractivity (Wildman–Crippen MR) is 85.8 cm³/mol. The summed E-state index contributed by atoms with van der Waals surface area (Å²) in [5.41, 5.74) is -0.146. The minimum absolute atomic E-state index is 0.0792. The average molecular weight is 332 g/mol. The van der Waals surface area contributed by atoms with Gasteiger partial charge in [0.15, 0.2) is 0 Å². The average Bonchev–Trinajstić information content (AvgIpc) is 2.56. The zero-order valence-corrected chi connectivity index (χ0v) is 13.1. The fourth-order valence-electron chi connectivity index (χ4n) is 2.03. The maximum Gasteiger partial charge on any atom is 0.337 e. The zero-order chi connectivity index (χ0) is 17.7. The van der Waals surface area contributed by atoms with Crippen molar-refractivity contribution in [3.8, 4) is 11.5 Å². The van der Waals surface area contributed by atoms with Crippen molar-refractivity contribution in [2.75, 3.05) is 19.5 Å². The van der Waals surface area contributed by atoms with Crippen LogP contribution in [-0.4, -0.2) is 35.8 Å². The first-order valence-corrected chi connectivity index (χ1v) is 6.90. The first-order valence-electron chi connectivity index (χ1n) is 6.90. The van der Waals surface area contributed by atoms with E-state index in [1.807, 2.05) is 0 Å². The summed E-state index contributed by atoms with van der Waals surface area (Å²) in [6.07, 6.45) is 1.12. The second kappa shape index (κ2) is 7.32. The molecule has 1 heterocycles. The van der Waals surface area contributed by atoms with E-state index in [0.717, 1.165) is 16.8 Å². The molecule has 2 rings (SSSR count). The quantitative estimate of drug-likeness (QED) is 0.823. The number of nitrogens with zero attached hydrogens (tertiary/aromatic N) is 1. The van der Waals surface area contributed by atoms with E-state index in [0.29, 0.717) is 17.2 Å². The number of hydrogen-bond donors (Lipinski definition) is 2. The molecular weight excluding hydrogens is 316 g/mol. The molecule has 8 nitrogen and oxygen atoms in total. The van der Waals surface area contributed by atoms with Gasteiger partial charge in [-0.15, -0.1) is 0 Å². The molecule has 0 saturated carbocycles. The topological polar surface area (TPSA) is 107 Å². The smallest absolute Gasteiger partial charge is 0.337 e. The van der Waals surface area contributed by atoms with Gasteiger partial charge >= 0.3 is 5.97 Å². The van der Waals surface area contributed by atoms with Crippen LogP contribution in [0, 0.1) is 0 Å². The number of carboxylic acids is 1. The molecule has 1 aromatic carbocycles. The number of hydrogen-bond acceptors (Lipinski definition) is 5. The molecule has 0 unspecified atom stereocenters. The standard InChI is InChI=1S/C16H16N2O6/c1-23-11-4-5-12(13(7-11)24-2)17-14(19)9-18-8-10(16(21)22)3-6-15(18)20/h3-8H,9H2,1-2H3,(H,17,19)(H,21,22). The Morgan fingerprint density at radius 1 is 1.17 bits per heavy atom. The molecular formula is C16H16N2O6. The van der Waals surface area contributed by atoms with Gasteiger partial charge in [0.05, 0.1) is 25.5 Å². The number of nitrogens with one attached hydrogen (secondary N) is 1. The van der Waals surface area contributed by atoms with Gasteiger partial charge in [-0.1, -0.05) is 0 Å². The van der Waals surface area contributed by atoms with Crippen LogP contribution in [0.2, 0.25) is 0 Å². The van der Waals surface area contributed by atoms with E-state index in [4.69, 9.17) is 14.6 Å². The largest absolute Gasteiger partial charge is 0.497 e. The Morgan fingerprint density at radius 3 is 2.54 bits per heavy atom. The van der Waals surface area contributed by atoms with Crippen LogP contribution >= 0.6 is 0 Å². The van der Waals surface area contributed by atoms with Gasteiger partial charge in [-0.2, -0.15) is 0 Å². The Morgan fingerprint density at radius 2 is 1.92 bits per heavy atom. The minimum Gasteiger partial charge on any atom is -0.497 e. The van der Waals surface area contributed by atoms with Gasteiger partial charge in [0.25, 0.3) is 5.56 Å². The lowest BCUT2D eigenvalue weighted by atomic mass is 10.2. The lowest BCUT2D eigenvalue weighted by Gasteiger charge is -2.12. The lowest BCUT2D eigenvalue weighted by molar-refractivity contribution is -0.116. The molecule has 2 aromatic rings. The maximum atomic E-state index is 12.1. The van der Waals surface area contributed by atoms with Crippen molar-refractivity contribution in [2.45, 2.75) is 6.54 Å². The first kappa shape index (κ1) is 17.1. The number of benzene rings is 1. The molecule has 0 bridgehead atoms. The molecule has 8 heteroatoms. The van der Waals surface area contributed by atoms with Crippen molar-refractivity contribution in [2.24, 2.45) is 0 Å². The third-order valence-electron chi connectivity index (χ3n) is 3.23. The number of rotatable bonds is 6. The Hall–Kier alpha value is -3.29. The number of anilines is 1. The van der Waals surface area contributed by atoms with Crippen molar-refractivity contribution in [1.29, 1.82) is 0 Å². The molecule has 2 N–H and O–H groups in total. The summed E-state index contributed by atoms with van der Waals surface area (Å²) < 4.78 is 11.3. The Kier molecular flexibility index (Phi) is 5.20. The summed E-state index contributed by atoms with van der Waals surface area (Å²) in [4.78, 5) is 34.8. The molecule has 24 heavy (non-hydrogen) atoms. The van der Waals surface area contributed by atoms with E-state index in [1.165, 1.54) is 20.3 Å². The molecule has 1 aromatic heterocycles. The van der Waals surface area contributed by atoms with Crippen LogP contribution < -0.4 is 20.3 Å². The van der Waals surface area contributed by atoms with Gasteiger partial charge in [0, 0.05) is 18.3 Å². The number of carboxylic acid groups (broad SMARTS) is 1. The Bertz CT molecular complexity index is 828. The predicted octanol–water partition coefficient (Wildman–Crippen LogP) is 1.20. The second-order valence-corrected chi connectivity index (χ2v) is 4.80. The Labute approximate surface area is 137 Å². The van der Waals surface area contributed by atoms with Crippen LogP contribution in [0.4, 0.5) is 5.69 Å². The van der Waals surface area contributed by atoms with E-state index in [-0.39, 0.29) is 12.1 Å². The van der Waals surface area contributed by atoms with Gasteiger partial charge in [-0.3, -0.25) is 9.59 Å². The molecule has 0 spiro atoms. The fourth-order valence-corrected chi connectivity index (χ4v) is 2.03. The van der Waals surface area contributed by atoms with Crippen LogP contribution in [0.3, 0.4) is 0 Å². The van der Waals surface area contributed by atoms with Crippen LogP contribution in [0.1, 0.15) is 10.4 Å². The van der Waals surface area contributed by atoms with E-state index >= 15 is 0 Å². The zero-order valence-electron chi connectivity index (χ0n) is 13.1. The van der Waals surface area contributed by atoms with Crippen LogP contribution in [0.15, 0.2) is 41.3 Å². The summed E-state index contributed by atoms with van der Waals surface area (Å²) in [6.45, 7) is -0.324. The molecule has 0 aliphatic carbocycles. The van der Waals surface area contributed by atoms with E-state index in [1.54, 1.807) is 18.2 Å². The van der Waals surface area contributed by atoms with Crippen molar-refractivity contribution >= 4 is 17.6 Å². The summed E-state index contributed by atoms with van der Waals surface area (Å²) >= 11 is 0. The number of carbonyl (C=O) groups excluding carboxylic acids is 1. The molecule has 0 atom stereocenters. The lowest BCUT2D eigenvalue weighted by Crippen LogP contribution is -2.27. The summed E-state index contributed by atoms with van der Waals surface area (Å²) in [7, 11) is 2.96. The van der Waals surface area contributed by atoms with Crippen molar-refractivity contribution in [1.82, 2.24) is 4.57 Å². The molecule has 0 fully saturated rings. The number of amides is 1. The third kappa shape index (κ3) is 3.92. The normalized spacial score (nSPS) is 10.1. The second-order valence-electron chi connectivity index (χ2n) is 4.80. The van der Waals surface area contributed by atoms with Gasteiger partial charge in [-0.25, -0.2) is 4.79 Å². The van der Waals surface area contributed by atoms with E-state index < -0.39 is 17.4 Å². The molecule has 126 valence electrons. The number of pyridine rings is 1. The highest BCUT2D eigenvalue weighted by molar-refractivity contribution is 5.92. The van der Waals surface area contributed by atoms with Gasteiger partial charge < -0.3 is 24.5 Å². The van der Waals surface area contributed by atoms with E-state index in [9.17, 15) is 14.4 Å². The maximum absolute atomic E-state index is 12.1. The monoisotopic (exact) mass is 332 g/mol. The molecule has 0 radical (unpaired) electrons. The Balaban J connectivity index is 2.18. The van der Waals surface area contributed by atoms with Crippen LogP contribution in [-0.2, 0) is 11.3 Å². The number of methoxy groups -OCH3 is 2. The highest BCUT2D eigenvalue weighted by Crippen LogP contribution is 2.28. The van der Waals surface area contributed by atoms with E-state index in [2.05, 4.69) is 5.32 Å². The van der Waals surface area contributed by atoms with Gasteiger partial charge in [0.1, 0.15) is 18.0 Å². The first-order chi connectivity index (χ1) is 11.4. The van der Waals surface area contributed by atoms with Crippen LogP contribution in [0.5, 0.6) is 11.5 Å². The molecule has 0 aliphatic heterocycles. The number of ether oxygens (including phenoxy) is 2. The van der Waals surface area contributed by atoms with Crippen LogP contribution in [0.25, 0.3) is 0 Å². The molecule has 0 saturated heterocycles. The molecule has 1 amide bonds. The van der Waals surface area contributed by atoms with Crippen molar-refractivity contribution in [3.05, 3.63) is 52.4 Å². The third-order valence-corrected chi connectivity index (χ3v) is 3.23. The number of carbonyl (C=O) groups is 2. The summed E-state index contributed by atoms with van der Waals surface area (Å²) in [5.74, 6) is -0.714. The van der Waals surface area contributed by atoms with Gasteiger partial charge in [-0.05, 0) is 18.2 Å². The fraction of sp³-hybridized carbons (Fsp3) is 0.188. The number of aromatic carboxylic acids is 1. The highest BCUT2D eigenvalue weighted by atomic mass is 16.5.